The molecule has 0 saturated carbocycles. The van der Waals surface area contributed by atoms with Gasteiger partial charge in [0.25, 0.3) is 0 Å². The summed E-state index contributed by atoms with van der Waals surface area (Å²) in [6, 6.07) is 21.4. The van der Waals surface area contributed by atoms with Crippen LogP contribution in [0.1, 0.15) is 53.5 Å². The molecule has 37 heavy (non-hydrogen) atoms. The van der Waals surface area contributed by atoms with Crippen LogP contribution in [-0.4, -0.2) is 48.2 Å². The first-order chi connectivity index (χ1) is 18.2. The molecule has 0 bridgehead atoms. The van der Waals surface area contributed by atoms with Crippen molar-refractivity contribution in [1.82, 2.24) is 4.90 Å². The van der Waals surface area contributed by atoms with E-state index < -0.39 is 0 Å². The van der Waals surface area contributed by atoms with Crippen molar-refractivity contribution in [2.24, 2.45) is 0 Å². The van der Waals surface area contributed by atoms with E-state index in [1.165, 1.54) is 58.2 Å². The Kier molecular flexibility index (Phi) is 7.25. The lowest BCUT2D eigenvalue weighted by Crippen LogP contribution is -2.26. The average molecular weight is 516 g/mol. The number of hydrogen-bond donors (Lipinski definition) is 1. The van der Waals surface area contributed by atoms with Gasteiger partial charge in [0.1, 0.15) is 17.6 Å². The Morgan fingerprint density at radius 3 is 2.65 bits per heavy atom. The lowest BCUT2D eigenvalue weighted by molar-refractivity contribution is 0.198. The first kappa shape index (κ1) is 24.6. The van der Waals surface area contributed by atoms with Gasteiger partial charge >= 0.3 is 0 Å². The van der Waals surface area contributed by atoms with Gasteiger partial charge in [0, 0.05) is 30.3 Å². The van der Waals surface area contributed by atoms with Crippen molar-refractivity contribution in [1.29, 1.82) is 0 Å². The zero-order chi connectivity index (χ0) is 25.2. The van der Waals surface area contributed by atoms with Crippen LogP contribution in [0, 0.1) is 0 Å². The number of allylic oxidation sites excluding steroid dienone is 1. The van der Waals surface area contributed by atoms with Gasteiger partial charge in [-0.1, -0.05) is 30.3 Å². The fourth-order valence-corrected chi connectivity index (χ4v) is 7.09. The van der Waals surface area contributed by atoms with Gasteiger partial charge in [-0.05, 0) is 108 Å². The Labute approximate surface area is 223 Å². The van der Waals surface area contributed by atoms with Gasteiger partial charge in [0.15, 0.2) is 0 Å². The first-order valence-electron chi connectivity index (χ1n) is 13.5. The second kappa shape index (κ2) is 10.9. The predicted molar refractivity (Wildman–Crippen MR) is 150 cm³/mol. The minimum Gasteiger partial charge on any atom is -0.508 e. The summed E-state index contributed by atoms with van der Waals surface area (Å²) in [5.74, 6) is 2.18. The van der Waals surface area contributed by atoms with Crippen LogP contribution in [0.25, 0.3) is 11.1 Å². The van der Waals surface area contributed by atoms with Crippen LogP contribution < -0.4 is 4.74 Å². The van der Waals surface area contributed by atoms with E-state index in [2.05, 4.69) is 53.4 Å². The van der Waals surface area contributed by atoms with E-state index in [9.17, 15) is 9.50 Å². The molecule has 1 aliphatic carbocycles. The zero-order valence-corrected chi connectivity index (χ0v) is 22.0. The van der Waals surface area contributed by atoms with Crippen molar-refractivity contribution in [2.45, 2.75) is 49.5 Å². The van der Waals surface area contributed by atoms with Crippen LogP contribution in [0.3, 0.4) is 0 Å². The number of likely N-dealkylation sites (tertiary alicyclic amines) is 1. The molecule has 2 aliphatic heterocycles. The number of phenolic OH excluding ortho intramolecular Hbond substituents is 1. The zero-order valence-electron chi connectivity index (χ0n) is 21.2. The summed E-state index contributed by atoms with van der Waals surface area (Å²) >= 11 is 1.82. The second-order valence-corrected chi connectivity index (χ2v) is 11.5. The smallest absolute Gasteiger partial charge is 0.119 e. The molecule has 2 heterocycles. The van der Waals surface area contributed by atoms with E-state index in [-0.39, 0.29) is 12.8 Å². The number of phenols is 1. The molecule has 1 atom stereocenters. The van der Waals surface area contributed by atoms with E-state index in [0.29, 0.717) is 12.2 Å². The summed E-state index contributed by atoms with van der Waals surface area (Å²) in [6.07, 6.45) is 6.32. The molecule has 1 saturated heterocycles. The maximum atomic E-state index is 12.5. The number of aromatic hydroxyl groups is 1. The molecular formula is C32H34FNO2S. The van der Waals surface area contributed by atoms with Crippen molar-refractivity contribution in [2.75, 3.05) is 32.1 Å². The number of hydrogen-bond acceptors (Lipinski definition) is 4. The number of ether oxygens (including phenoxy) is 1. The van der Waals surface area contributed by atoms with Crippen LogP contribution in [0.5, 0.6) is 11.5 Å². The highest BCUT2D eigenvalue weighted by Gasteiger charge is 2.25. The number of benzene rings is 3. The van der Waals surface area contributed by atoms with Gasteiger partial charge in [-0.15, -0.1) is 11.8 Å². The third-order valence-corrected chi connectivity index (χ3v) is 8.93. The highest BCUT2D eigenvalue weighted by Crippen LogP contribution is 2.44. The van der Waals surface area contributed by atoms with Gasteiger partial charge in [-0.3, -0.25) is 9.29 Å². The monoisotopic (exact) mass is 515 g/mol. The number of nitrogens with zero attached hydrogens (tertiary/aromatic N) is 1. The quantitative estimate of drug-likeness (QED) is 0.362. The number of rotatable bonds is 7. The Hall–Kier alpha value is -2.76. The fourth-order valence-electron chi connectivity index (χ4n) is 6.04. The van der Waals surface area contributed by atoms with Crippen LogP contribution in [0.4, 0.5) is 4.39 Å². The van der Waals surface area contributed by atoms with Crippen molar-refractivity contribution in [3.63, 3.8) is 0 Å². The largest absolute Gasteiger partial charge is 0.508 e. The molecule has 0 amide bonds. The van der Waals surface area contributed by atoms with Gasteiger partial charge in [-0.2, -0.15) is 0 Å². The normalized spacial score (nSPS) is 19.5. The summed E-state index contributed by atoms with van der Waals surface area (Å²) in [5.41, 5.74) is 9.29. The molecule has 3 nitrogen and oxygen atoms in total. The molecule has 5 heteroatoms. The fraction of sp³-hybridized carbons (Fsp3) is 0.375. The van der Waals surface area contributed by atoms with E-state index >= 15 is 0 Å². The average Bonchev–Trinajstić information content (AvgIpc) is 3.53. The van der Waals surface area contributed by atoms with Crippen molar-refractivity contribution in [3.05, 3.63) is 88.5 Å². The van der Waals surface area contributed by atoms with Crippen LogP contribution in [0.15, 0.2) is 65.6 Å². The Balaban J connectivity index is 1.33. The Bertz CT molecular complexity index is 1300. The second-order valence-electron chi connectivity index (χ2n) is 10.4. The molecule has 192 valence electrons. The number of thioether (sulfide) groups is 1. The summed E-state index contributed by atoms with van der Waals surface area (Å²) in [4.78, 5) is 3.42. The highest BCUT2D eigenvalue weighted by molar-refractivity contribution is 7.99. The van der Waals surface area contributed by atoms with E-state index in [4.69, 9.17) is 4.74 Å². The number of fused-ring (bicyclic) bond motifs is 2. The summed E-state index contributed by atoms with van der Waals surface area (Å²) in [6.45, 7) is 2.39. The van der Waals surface area contributed by atoms with Crippen LogP contribution in [0.2, 0.25) is 0 Å². The van der Waals surface area contributed by atoms with Crippen molar-refractivity contribution < 1.29 is 14.2 Å². The molecule has 3 aromatic rings. The highest BCUT2D eigenvalue weighted by atomic mass is 32.2. The van der Waals surface area contributed by atoms with Crippen LogP contribution in [-0.2, 0) is 12.8 Å². The summed E-state index contributed by atoms with van der Waals surface area (Å²) in [5, 5.41) is 10.2. The molecule has 1 N–H and O–H groups in total. The SMILES string of the molecule is Oc1ccc2c(c1)SCCC(c1ccc3c(c1)CCC3)=C2c1ccc(O[C@H]2CCN(CCCF)C2)cc1. The molecule has 0 unspecified atom stereocenters. The van der Waals surface area contributed by atoms with Gasteiger partial charge < -0.3 is 9.84 Å². The lowest BCUT2D eigenvalue weighted by Gasteiger charge is -2.19. The van der Waals surface area contributed by atoms with E-state index in [0.717, 1.165) is 48.9 Å². The predicted octanol–water partition coefficient (Wildman–Crippen LogP) is 7.15. The van der Waals surface area contributed by atoms with E-state index in [1.807, 2.05) is 17.8 Å². The molecule has 3 aliphatic rings. The Morgan fingerprint density at radius 1 is 0.946 bits per heavy atom. The molecule has 6 rings (SSSR count). The van der Waals surface area contributed by atoms with Gasteiger partial charge in [0.05, 0.1) is 6.67 Å². The summed E-state index contributed by atoms with van der Waals surface area (Å²) < 4.78 is 18.8. The van der Waals surface area contributed by atoms with Crippen molar-refractivity contribution >= 4 is 22.9 Å². The van der Waals surface area contributed by atoms with Gasteiger partial charge in [-0.25, -0.2) is 0 Å². The summed E-state index contributed by atoms with van der Waals surface area (Å²) in [7, 11) is 0. The maximum Gasteiger partial charge on any atom is 0.119 e. The third kappa shape index (κ3) is 5.30. The first-order valence-corrected chi connectivity index (χ1v) is 14.5. The number of alkyl halides is 1. The number of aryl methyl sites for hydroxylation is 2. The third-order valence-electron chi connectivity index (χ3n) is 7.88. The topological polar surface area (TPSA) is 32.7 Å². The molecule has 0 spiro atoms. The van der Waals surface area contributed by atoms with E-state index in [1.54, 1.807) is 6.07 Å². The van der Waals surface area contributed by atoms with Gasteiger partial charge in [0.2, 0.25) is 0 Å². The van der Waals surface area contributed by atoms with Crippen molar-refractivity contribution in [3.8, 4) is 11.5 Å². The number of halogens is 1. The Morgan fingerprint density at radius 2 is 1.78 bits per heavy atom. The van der Waals surface area contributed by atoms with Crippen LogP contribution >= 0.6 is 11.8 Å². The molecule has 1 fully saturated rings. The maximum absolute atomic E-state index is 12.5. The lowest BCUT2D eigenvalue weighted by atomic mass is 9.87. The molecule has 0 radical (unpaired) electrons. The minimum absolute atomic E-state index is 0.157. The standard InChI is InChI=1S/C32H34FNO2S/c33-15-2-16-34-17-13-28(21-34)36-27-10-7-23(8-11-27)32-29(25-6-5-22-3-1-4-24(22)19-25)14-18-37-31-20-26(35)9-12-30(31)32/h5-12,19-20,28,35H,1-4,13-18,21H2/t28-/m0/s1. The molecule has 0 aromatic heterocycles. The molecule has 3 aromatic carbocycles. The minimum atomic E-state index is -0.256. The molecular weight excluding hydrogens is 481 g/mol.